The number of aromatic hydroxyl groups is 2. The maximum Gasteiger partial charge on any atom is 0.261 e. The third-order valence-corrected chi connectivity index (χ3v) is 5.16. The van der Waals surface area contributed by atoms with E-state index in [9.17, 15) is 23.7 Å². The summed E-state index contributed by atoms with van der Waals surface area (Å²) in [6, 6.07) is 14.3. The lowest BCUT2D eigenvalue weighted by molar-refractivity contribution is 0.0436. The van der Waals surface area contributed by atoms with Crippen molar-refractivity contribution < 1.29 is 44.7 Å². The Morgan fingerprint density at radius 1 is 0.875 bits per heavy atom. The number of likely N-dealkylation sites (tertiary alicyclic amines) is 1. The van der Waals surface area contributed by atoms with Crippen LogP contribution in [0.2, 0.25) is 0 Å². The van der Waals surface area contributed by atoms with Crippen LogP contribution >= 0.6 is 0 Å². The Morgan fingerprint density at radius 2 is 1.25 bits per heavy atom. The molecular weight excluding hydrogens is 442 g/mol. The fourth-order valence-electron chi connectivity index (χ4n) is 3.54. The molecule has 0 radical (unpaired) electrons. The predicted octanol–water partition coefficient (Wildman–Crippen LogP) is 0.429. The number of piperidine rings is 1. The molecule has 1 aliphatic heterocycles. The Hall–Kier alpha value is -2.25. The molecular formula is C21H35NO9S. The maximum atomic E-state index is 10.6. The van der Waals surface area contributed by atoms with Crippen LogP contribution in [0.3, 0.4) is 0 Å². The Bertz CT molecular complexity index is 857. The number of phenols is 2. The largest absolute Gasteiger partial charge is 0.508 e. The molecule has 1 fully saturated rings. The molecule has 10 N–H and O–H groups in total. The van der Waals surface area contributed by atoms with Crippen LogP contribution in [-0.2, 0) is 10.1 Å². The van der Waals surface area contributed by atoms with Gasteiger partial charge in [0.2, 0.25) is 0 Å². The first-order valence-electron chi connectivity index (χ1n) is 9.47. The van der Waals surface area contributed by atoms with E-state index in [0.717, 1.165) is 31.5 Å². The SMILES string of the molecule is CC(C(O)c1ccc(O)cc1)N1CCC(c2ccc(O)cc2)CC1.CS(=O)(=O)O.O.O.O. The molecule has 3 rings (SSSR count). The lowest BCUT2D eigenvalue weighted by Crippen LogP contribution is -2.42. The number of hydrogen-bond acceptors (Lipinski definition) is 6. The number of aliphatic hydroxyl groups excluding tert-OH is 1. The van der Waals surface area contributed by atoms with Crippen molar-refractivity contribution in [1.82, 2.24) is 4.90 Å². The minimum absolute atomic E-state index is 0. The van der Waals surface area contributed by atoms with Gasteiger partial charge in [0, 0.05) is 6.04 Å². The van der Waals surface area contributed by atoms with Gasteiger partial charge in [-0.05, 0) is 74.2 Å². The molecule has 11 heteroatoms. The van der Waals surface area contributed by atoms with Crippen molar-refractivity contribution in [2.45, 2.75) is 37.8 Å². The fraction of sp³-hybridized carbons (Fsp3) is 0.429. The zero-order chi connectivity index (χ0) is 21.6. The molecule has 1 saturated heterocycles. The Kier molecular flexibility index (Phi) is 14.0. The average Bonchev–Trinajstić information content (AvgIpc) is 2.67. The van der Waals surface area contributed by atoms with Crippen LogP contribution < -0.4 is 0 Å². The van der Waals surface area contributed by atoms with Gasteiger partial charge in [-0.15, -0.1) is 0 Å². The van der Waals surface area contributed by atoms with Gasteiger partial charge in [0.05, 0.1) is 12.4 Å². The molecule has 1 aliphatic rings. The van der Waals surface area contributed by atoms with Gasteiger partial charge >= 0.3 is 0 Å². The molecule has 1 heterocycles. The lowest BCUT2D eigenvalue weighted by atomic mass is 9.88. The molecule has 0 aromatic heterocycles. The molecule has 0 aliphatic carbocycles. The van der Waals surface area contributed by atoms with Gasteiger partial charge in [0.1, 0.15) is 11.5 Å². The number of benzene rings is 2. The molecule has 32 heavy (non-hydrogen) atoms. The Morgan fingerprint density at radius 3 is 1.66 bits per heavy atom. The number of phenolic OH excluding ortho intramolecular Hbond substituents is 2. The average molecular weight is 478 g/mol. The number of hydrogen-bond donors (Lipinski definition) is 4. The van der Waals surface area contributed by atoms with E-state index in [0.29, 0.717) is 17.9 Å². The maximum absolute atomic E-state index is 10.6. The third-order valence-electron chi connectivity index (χ3n) is 5.16. The van der Waals surface area contributed by atoms with Crippen molar-refractivity contribution in [3.8, 4) is 11.5 Å². The highest BCUT2D eigenvalue weighted by atomic mass is 32.2. The molecule has 0 bridgehead atoms. The normalized spacial score (nSPS) is 16.1. The Balaban J connectivity index is 0. The molecule has 2 aromatic carbocycles. The first kappa shape index (κ1) is 31.9. The quantitative estimate of drug-likeness (QED) is 0.455. The van der Waals surface area contributed by atoms with E-state index in [2.05, 4.69) is 11.8 Å². The molecule has 2 unspecified atom stereocenters. The summed E-state index contributed by atoms with van der Waals surface area (Å²) in [6.07, 6.45) is 2.26. The van der Waals surface area contributed by atoms with Crippen LogP contribution in [0.5, 0.6) is 11.5 Å². The number of nitrogens with zero attached hydrogens (tertiary/aromatic N) is 1. The molecule has 0 saturated carbocycles. The smallest absolute Gasteiger partial charge is 0.261 e. The van der Waals surface area contributed by atoms with Gasteiger partial charge in [-0.25, -0.2) is 0 Å². The monoisotopic (exact) mass is 477 g/mol. The van der Waals surface area contributed by atoms with Crippen molar-refractivity contribution in [3.05, 3.63) is 59.7 Å². The van der Waals surface area contributed by atoms with Crippen molar-refractivity contribution in [1.29, 1.82) is 0 Å². The summed E-state index contributed by atoms with van der Waals surface area (Å²) in [7, 11) is -3.67. The van der Waals surface area contributed by atoms with Crippen LogP contribution in [0, 0.1) is 0 Å². The second-order valence-corrected chi connectivity index (χ2v) is 8.88. The van der Waals surface area contributed by atoms with Gasteiger partial charge in [0.25, 0.3) is 10.1 Å². The first-order chi connectivity index (χ1) is 13.5. The van der Waals surface area contributed by atoms with E-state index in [1.54, 1.807) is 36.4 Å². The highest BCUT2D eigenvalue weighted by Crippen LogP contribution is 2.32. The van der Waals surface area contributed by atoms with Gasteiger partial charge in [-0.2, -0.15) is 8.42 Å². The molecule has 2 aromatic rings. The van der Waals surface area contributed by atoms with E-state index < -0.39 is 16.2 Å². The van der Waals surface area contributed by atoms with Gasteiger partial charge in [-0.3, -0.25) is 9.45 Å². The predicted molar refractivity (Wildman–Crippen MR) is 122 cm³/mol. The van der Waals surface area contributed by atoms with E-state index in [1.165, 1.54) is 5.56 Å². The summed E-state index contributed by atoms with van der Waals surface area (Å²) in [6.45, 7) is 3.95. The van der Waals surface area contributed by atoms with Crippen molar-refractivity contribution >= 4 is 10.1 Å². The standard InChI is InChI=1S/C20H25NO3.CH4O3S.3H2O/c1-14(20(24)17-4-8-19(23)9-5-17)21-12-10-16(11-13-21)15-2-6-18(22)7-3-15;1-5(2,3)4;;;/h2-9,14,16,20,22-24H,10-13H2,1H3;1H3,(H,2,3,4);3*1H2. The van der Waals surface area contributed by atoms with E-state index in [1.807, 2.05) is 12.1 Å². The van der Waals surface area contributed by atoms with Crippen molar-refractivity contribution in [3.63, 3.8) is 0 Å². The van der Waals surface area contributed by atoms with E-state index in [4.69, 9.17) is 4.55 Å². The zero-order valence-corrected chi connectivity index (χ0v) is 19.0. The first-order valence-corrected chi connectivity index (χ1v) is 11.3. The highest BCUT2D eigenvalue weighted by Gasteiger charge is 2.28. The summed E-state index contributed by atoms with van der Waals surface area (Å²) >= 11 is 0. The van der Waals surface area contributed by atoms with Crippen molar-refractivity contribution in [2.75, 3.05) is 19.3 Å². The zero-order valence-electron chi connectivity index (χ0n) is 18.1. The second kappa shape index (κ2) is 14.0. The second-order valence-electron chi connectivity index (χ2n) is 7.41. The van der Waals surface area contributed by atoms with E-state index >= 15 is 0 Å². The summed E-state index contributed by atoms with van der Waals surface area (Å²) in [5.41, 5.74) is 2.11. The highest BCUT2D eigenvalue weighted by molar-refractivity contribution is 7.85. The summed E-state index contributed by atoms with van der Waals surface area (Å²) in [4.78, 5) is 2.33. The minimum atomic E-state index is -3.67. The van der Waals surface area contributed by atoms with Gasteiger partial charge in [-0.1, -0.05) is 24.3 Å². The molecule has 2 atom stereocenters. The van der Waals surface area contributed by atoms with Gasteiger partial charge in [0.15, 0.2) is 0 Å². The molecule has 184 valence electrons. The van der Waals surface area contributed by atoms with Crippen LogP contribution in [0.4, 0.5) is 0 Å². The topological polar surface area (TPSA) is 213 Å². The summed E-state index contributed by atoms with van der Waals surface area (Å²) < 4.78 is 25.9. The summed E-state index contributed by atoms with van der Waals surface area (Å²) in [5.74, 6) is 1.04. The fourth-order valence-corrected chi connectivity index (χ4v) is 3.54. The van der Waals surface area contributed by atoms with E-state index in [-0.39, 0.29) is 28.2 Å². The lowest BCUT2D eigenvalue weighted by Gasteiger charge is -2.38. The summed E-state index contributed by atoms with van der Waals surface area (Å²) in [5, 5.41) is 29.4. The molecule has 10 nitrogen and oxygen atoms in total. The van der Waals surface area contributed by atoms with Crippen molar-refractivity contribution in [2.24, 2.45) is 0 Å². The van der Waals surface area contributed by atoms with Crippen LogP contribution in [0.25, 0.3) is 0 Å². The van der Waals surface area contributed by atoms with Crippen LogP contribution in [0.15, 0.2) is 48.5 Å². The van der Waals surface area contributed by atoms with Crippen LogP contribution in [-0.4, -0.2) is 75.0 Å². The number of rotatable bonds is 4. The Labute approximate surface area is 188 Å². The van der Waals surface area contributed by atoms with Gasteiger partial charge < -0.3 is 31.7 Å². The number of aliphatic hydroxyl groups is 1. The van der Waals surface area contributed by atoms with Crippen LogP contribution in [0.1, 0.15) is 42.9 Å². The molecule has 0 amide bonds. The minimum Gasteiger partial charge on any atom is -0.508 e. The third kappa shape index (κ3) is 10.4. The molecule has 0 spiro atoms.